The zero-order chi connectivity index (χ0) is 23.4. The van der Waals surface area contributed by atoms with Crippen LogP contribution in [0.2, 0.25) is 0 Å². The van der Waals surface area contributed by atoms with Crippen molar-refractivity contribution in [1.29, 1.82) is 0 Å². The minimum absolute atomic E-state index is 0.313. The highest BCUT2D eigenvalue weighted by atomic mass is 19.4. The van der Waals surface area contributed by atoms with Crippen LogP contribution in [0, 0.1) is 6.92 Å². The smallest absolute Gasteiger partial charge is 0.339 e. The Kier molecular flexibility index (Phi) is 6.59. The first kappa shape index (κ1) is 22.7. The number of hydrogen-bond acceptors (Lipinski definition) is 7. The molecule has 1 aromatic carbocycles. The predicted molar refractivity (Wildman–Crippen MR) is 121 cm³/mol. The Morgan fingerprint density at radius 2 is 1.88 bits per heavy atom. The van der Waals surface area contributed by atoms with Crippen molar-refractivity contribution in [3.63, 3.8) is 0 Å². The molecule has 3 aromatic rings. The largest absolute Gasteiger partial charge is 0.416 e. The van der Waals surface area contributed by atoms with E-state index in [-0.39, 0.29) is 0 Å². The van der Waals surface area contributed by atoms with Gasteiger partial charge in [0.05, 0.1) is 5.56 Å². The lowest BCUT2D eigenvalue weighted by atomic mass is 10.1. The van der Waals surface area contributed by atoms with E-state index in [2.05, 4.69) is 47.3 Å². The molecule has 2 N–H and O–H groups in total. The van der Waals surface area contributed by atoms with E-state index in [1.165, 1.54) is 6.07 Å². The lowest BCUT2D eigenvalue weighted by Gasteiger charge is -2.21. The average molecular weight is 458 g/mol. The molecule has 33 heavy (non-hydrogen) atoms. The van der Waals surface area contributed by atoms with E-state index in [0.29, 0.717) is 29.1 Å². The van der Waals surface area contributed by atoms with Gasteiger partial charge in [-0.05, 0) is 50.7 Å². The summed E-state index contributed by atoms with van der Waals surface area (Å²) in [5.41, 5.74) is 0.582. The summed E-state index contributed by atoms with van der Waals surface area (Å²) in [4.78, 5) is 17.9. The van der Waals surface area contributed by atoms with Gasteiger partial charge in [0.1, 0.15) is 0 Å². The Balaban J connectivity index is 1.64. The van der Waals surface area contributed by atoms with Crippen molar-refractivity contribution in [2.75, 3.05) is 43.4 Å². The van der Waals surface area contributed by atoms with Crippen LogP contribution in [0.5, 0.6) is 0 Å². The fourth-order valence-electron chi connectivity index (χ4n) is 3.49. The van der Waals surface area contributed by atoms with Gasteiger partial charge in [0.25, 0.3) is 0 Å². The molecule has 3 heterocycles. The minimum atomic E-state index is -4.40. The van der Waals surface area contributed by atoms with Crippen LogP contribution in [0.4, 0.5) is 30.9 Å². The molecular weight excluding hydrogens is 433 g/mol. The Labute approximate surface area is 189 Å². The quantitative estimate of drug-likeness (QED) is 0.598. The third-order valence-corrected chi connectivity index (χ3v) is 5.23. The summed E-state index contributed by atoms with van der Waals surface area (Å²) in [5.74, 6) is 1.73. The molecule has 0 aliphatic carbocycles. The van der Waals surface area contributed by atoms with Crippen molar-refractivity contribution in [2.45, 2.75) is 19.5 Å². The first-order valence-corrected chi connectivity index (χ1v) is 10.6. The van der Waals surface area contributed by atoms with Gasteiger partial charge in [-0.3, -0.25) is 5.10 Å². The molecule has 2 aromatic heterocycles. The topological polar surface area (TPSA) is 85.9 Å². The highest BCUT2D eigenvalue weighted by Crippen LogP contribution is 2.30. The van der Waals surface area contributed by atoms with Crippen molar-refractivity contribution in [3.8, 4) is 0 Å². The van der Waals surface area contributed by atoms with Crippen LogP contribution in [0.15, 0.2) is 30.3 Å². The Morgan fingerprint density at radius 3 is 2.64 bits per heavy atom. The van der Waals surface area contributed by atoms with Crippen LogP contribution < -0.4 is 10.2 Å². The monoisotopic (exact) mass is 458 g/mol. The fraction of sp³-hybridized carbons (Fsp3) is 0.364. The average Bonchev–Trinajstić information content (AvgIpc) is 3.05. The van der Waals surface area contributed by atoms with E-state index in [0.717, 1.165) is 50.4 Å². The summed E-state index contributed by atoms with van der Waals surface area (Å²) in [6, 6.07) is 6.94. The number of hydrogen-bond donors (Lipinski definition) is 2. The van der Waals surface area contributed by atoms with E-state index in [9.17, 15) is 13.2 Å². The normalized spacial score (nSPS) is 15.7. The number of rotatable bonds is 5. The molecule has 4 rings (SSSR count). The summed E-state index contributed by atoms with van der Waals surface area (Å²) in [7, 11) is 2.08. The molecule has 1 aliphatic heterocycles. The van der Waals surface area contributed by atoms with E-state index in [1.54, 1.807) is 18.2 Å². The number of nitrogens with one attached hydrogen (secondary N) is 2. The molecule has 0 bridgehead atoms. The molecule has 0 amide bonds. The molecule has 0 atom stereocenters. The molecule has 1 aliphatic rings. The fourth-order valence-corrected chi connectivity index (χ4v) is 3.49. The third kappa shape index (κ3) is 6.07. The van der Waals surface area contributed by atoms with Crippen molar-refractivity contribution in [3.05, 3.63) is 53.0 Å². The van der Waals surface area contributed by atoms with Gasteiger partial charge in [0.15, 0.2) is 11.6 Å². The number of halogens is 3. The second-order valence-corrected chi connectivity index (χ2v) is 7.98. The van der Waals surface area contributed by atoms with Gasteiger partial charge in [-0.25, -0.2) is 0 Å². The molecule has 0 spiro atoms. The minimum Gasteiger partial charge on any atom is -0.339 e. The number of aromatic amines is 1. The zero-order valence-electron chi connectivity index (χ0n) is 18.4. The predicted octanol–water partition coefficient (Wildman–Crippen LogP) is 3.98. The molecular formula is C22H25F3N8. The Morgan fingerprint density at radius 1 is 1.03 bits per heavy atom. The Hall–Kier alpha value is -3.47. The molecule has 0 saturated carbocycles. The molecule has 1 saturated heterocycles. The van der Waals surface area contributed by atoms with Gasteiger partial charge in [-0.2, -0.15) is 33.2 Å². The highest BCUT2D eigenvalue weighted by Gasteiger charge is 2.30. The summed E-state index contributed by atoms with van der Waals surface area (Å²) in [5, 5.41) is 10.1. The van der Waals surface area contributed by atoms with Gasteiger partial charge >= 0.3 is 6.18 Å². The standard InChI is InChI=1S/C22H25F3N8/c1-15-13-19(31-30-15)27-20-26-18(8-7-16-5-3-6-17(14-16)22(23,24)25)28-21(29-20)33-10-4-9-32(2)11-12-33/h3,5-8,13-14H,4,9-12H2,1-2H3,(H2,26,27,28,29,30,31)/b8-7+. The summed E-state index contributed by atoms with van der Waals surface area (Å²) >= 11 is 0. The van der Waals surface area contributed by atoms with Crippen LogP contribution in [-0.4, -0.2) is 63.3 Å². The summed E-state index contributed by atoms with van der Waals surface area (Å²) in [6.07, 6.45) is -0.277. The third-order valence-electron chi connectivity index (χ3n) is 5.23. The molecule has 1 fully saturated rings. The lowest BCUT2D eigenvalue weighted by Crippen LogP contribution is -2.30. The number of H-pyrrole nitrogens is 1. The van der Waals surface area contributed by atoms with Crippen molar-refractivity contribution in [1.82, 2.24) is 30.0 Å². The zero-order valence-corrected chi connectivity index (χ0v) is 18.4. The number of alkyl halides is 3. The molecule has 11 heteroatoms. The van der Waals surface area contributed by atoms with Crippen molar-refractivity contribution in [2.24, 2.45) is 0 Å². The number of likely N-dealkylation sites (N-methyl/N-ethyl adjacent to an activating group) is 1. The Bertz CT molecular complexity index is 1120. The second kappa shape index (κ2) is 9.57. The first-order valence-electron chi connectivity index (χ1n) is 10.6. The number of benzene rings is 1. The van der Waals surface area contributed by atoms with E-state index >= 15 is 0 Å². The van der Waals surface area contributed by atoms with Gasteiger partial charge in [-0.15, -0.1) is 0 Å². The van der Waals surface area contributed by atoms with E-state index < -0.39 is 11.7 Å². The number of aryl methyl sites for hydroxylation is 1. The van der Waals surface area contributed by atoms with E-state index in [1.807, 2.05) is 13.0 Å². The van der Waals surface area contributed by atoms with Gasteiger partial charge < -0.3 is 15.1 Å². The van der Waals surface area contributed by atoms with E-state index in [4.69, 9.17) is 0 Å². The van der Waals surface area contributed by atoms with Crippen LogP contribution >= 0.6 is 0 Å². The number of anilines is 3. The lowest BCUT2D eigenvalue weighted by molar-refractivity contribution is -0.137. The first-order chi connectivity index (χ1) is 15.8. The maximum Gasteiger partial charge on any atom is 0.416 e. The molecule has 0 radical (unpaired) electrons. The molecule has 8 nitrogen and oxygen atoms in total. The van der Waals surface area contributed by atoms with Gasteiger partial charge in [0, 0.05) is 31.4 Å². The number of nitrogens with zero attached hydrogens (tertiary/aromatic N) is 6. The van der Waals surface area contributed by atoms with Crippen LogP contribution in [0.25, 0.3) is 12.2 Å². The van der Waals surface area contributed by atoms with Crippen LogP contribution in [-0.2, 0) is 6.18 Å². The van der Waals surface area contributed by atoms with Crippen molar-refractivity contribution < 1.29 is 13.2 Å². The summed E-state index contributed by atoms with van der Waals surface area (Å²) < 4.78 is 39.1. The maximum absolute atomic E-state index is 13.0. The molecule has 174 valence electrons. The summed E-state index contributed by atoms with van der Waals surface area (Å²) in [6.45, 7) is 5.31. The van der Waals surface area contributed by atoms with Crippen LogP contribution in [0.3, 0.4) is 0 Å². The second-order valence-electron chi connectivity index (χ2n) is 7.98. The maximum atomic E-state index is 13.0. The highest BCUT2D eigenvalue weighted by molar-refractivity contribution is 5.68. The number of aromatic nitrogens is 5. The molecule has 0 unspecified atom stereocenters. The SMILES string of the molecule is Cc1cc(Nc2nc(/C=C/c3cccc(C(F)(F)F)c3)nc(N3CCCN(C)CC3)n2)n[nH]1. The van der Waals surface area contributed by atoms with Crippen LogP contribution in [0.1, 0.15) is 29.1 Å². The van der Waals surface area contributed by atoms with Crippen molar-refractivity contribution >= 4 is 29.9 Å². The van der Waals surface area contributed by atoms with Gasteiger partial charge in [-0.1, -0.05) is 18.2 Å². The van der Waals surface area contributed by atoms with Gasteiger partial charge in [0.2, 0.25) is 11.9 Å².